The van der Waals surface area contributed by atoms with Gasteiger partial charge in [-0.05, 0) is 62.9 Å². The van der Waals surface area contributed by atoms with E-state index in [1.165, 1.54) is 12.0 Å². The second kappa shape index (κ2) is 10.2. The minimum Gasteiger partial charge on any atom is -0.336 e. The summed E-state index contributed by atoms with van der Waals surface area (Å²) in [7, 11) is 0. The van der Waals surface area contributed by atoms with E-state index in [4.69, 9.17) is 0 Å². The summed E-state index contributed by atoms with van der Waals surface area (Å²) in [6.07, 6.45) is 3.33. The van der Waals surface area contributed by atoms with E-state index in [9.17, 15) is 9.59 Å². The first-order valence-corrected chi connectivity index (χ1v) is 11.8. The van der Waals surface area contributed by atoms with Crippen LogP contribution in [0.5, 0.6) is 0 Å². The SMILES string of the molecule is C[C@@H]1CN(Cc2ccccc2)CCN1C(=O)Nc1ccc(C(=O)N2CCCC[C@@H]2C)cc1. The summed E-state index contributed by atoms with van der Waals surface area (Å²) in [5.74, 6) is 0.0817. The zero-order valence-electron chi connectivity index (χ0n) is 19.2. The number of nitrogens with zero attached hydrogens (tertiary/aromatic N) is 3. The average Bonchev–Trinajstić information content (AvgIpc) is 2.80. The van der Waals surface area contributed by atoms with Crippen molar-refractivity contribution in [2.75, 3.05) is 31.5 Å². The van der Waals surface area contributed by atoms with E-state index in [0.29, 0.717) is 12.1 Å². The van der Waals surface area contributed by atoms with Gasteiger partial charge in [-0.1, -0.05) is 30.3 Å². The van der Waals surface area contributed by atoms with Crippen molar-refractivity contribution < 1.29 is 9.59 Å². The van der Waals surface area contributed by atoms with Gasteiger partial charge in [0.15, 0.2) is 0 Å². The monoisotopic (exact) mass is 434 g/mol. The quantitative estimate of drug-likeness (QED) is 0.774. The van der Waals surface area contributed by atoms with Gasteiger partial charge < -0.3 is 15.1 Å². The predicted molar refractivity (Wildman–Crippen MR) is 128 cm³/mol. The lowest BCUT2D eigenvalue weighted by atomic mass is 10.0. The van der Waals surface area contributed by atoms with E-state index in [2.05, 4.69) is 48.3 Å². The molecule has 2 atom stereocenters. The van der Waals surface area contributed by atoms with Crippen LogP contribution in [0.3, 0.4) is 0 Å². The van der Waals surface area contributed by atoms with E-state index in [0.717, 1.165) is 44.7 Å². The molecule has 0 unspecified atom stereocenters. The van der Waals surface area contributed by atoms with Crippen molar-refractivity contribution in [3.63, 3.8) is 0 Å². The molecule has 2 aromatic carbocycles. The highest BCUT2D eigenvalue weighted by atomic mass is 16.2. The standard InChI is InChI=1S/C26H34N4O2/c1-20-8-6-7-15-29(20)25(31)23-11-13-24(14-12-23)27-26(32)30-17-16-28(18-21(30)2)19-22-9-4-3-5-10-22/h3-5,9-14,20-21H,6-8,15-19H2,1-2H3,(H,27,32)/t20-,21+/m0/s1. The van der Waals surface area contributed by atoms with E-state index in [-0.39, 0.29) is 24.0 Å². The molecule has 2 fully saturated rings. The largest absolute Gasteiger partial charge is 0.336 e. The molecule has 32 heavy (non-hydrogen) atoms. The molecule has 170 valence electrons. The lowest BCUT2D eigenvalue weighted by Crippen LogP contribution is -2.54. The third kappa shape index (κ3) is 5.30. The number of benzene rings is 2. The van der Waals surface area contributed by atoms with Gasteiger partial charge in [0.05, 0.1) is 0 Å². The number of piperidine rings is 1. The van der Waals surface area contributed by atoms with Crippen molar-refractivity contribution in [1.82, 2.24) is 14.7 Å². The summed E-state index contributed by atoms with van der Waals surface area (Å²) >= 11 is 0. The van der Waals surface area contributed by atoms with E-state index in [1.54, 1.807) is 0 Å². The van der Waals surface area contributed by atoms with Crippen molar-refractivity contribution in [3.8, 4) is 0 Å². The molecule has 6 heteroatoms. The lowest BCUT2D eigenvalue weighted by Gasteiger charge is -2.39. The number of likely N-dealkylation sites (tertiary alicyclic amines) is 1. The number of hydrogen-bond donors (Lipinski definition) is 1. The number of anilines is 1. The highest BCUT2D eigenvalue weighted by molar-refractivity contribution is 5.95. The third-order valence-corrected chi connectivity index (χ3v) is 6.67. The molecule has 2 heterocycles. The molecule has 4 rings (SSSR count). The second-order valence-corrected chi connectivity index (χ2v) is 9.11. The maximum atomic E-state index is 12.9. The molecule has 0 spiro atoms. The van der Waals surface area contributed by atoms with Gasteiger partial charge >= 0.3 is 6.03 Å². The number of amides is 3. The van der Waals surface area contributed by atoms with E-state index in [1.807, 2.05) is 40.1 Å². The Bertz CT molecular complexity index is 915. The Morgan fingerprint density at radius 1 is 0.875 bits per heavy atom. The Labute approximate surface area is 191 Å². The van der Waals surface area contributed by atoms with Crippen LogP contribution < -0.4 is 5.32 Å². The molecule has 0 bridgehead atoms. The Kier molecular flexibility index (Phi) is 7.10. The van der Waals surface area contributed by atoms with E-state index >= 15 is 0 Å². The summed E-state index contributed by atoms with van der Waals surface area (Å²) < 4.78 is 0. The zero-order valence-corrected chi connectivity index (χ0v) is 19.2. The van der Waals surface area contributed by atoms with Gasteiger partial charge in [-0.3, -0.25) is 9.69 Å². The van der Waals surface area contributed by atoms with E-state index < -0.39 is 0 Å². The lowest BCUT2D eigenvalue weighted by molar-refractivity contribution is 0.0635. The smallest absolute Gasteiger partial charge is 0.322 e. The van der Waals surface area contributed by atoms with Crippen molar-refractivity contribution in [2.24, 2.45) is 0 Å². The maximum absolute atomic E-state index is 12.9. The first-order valence-electron chi connectivity index (χ1n) is 11.8. The number of piperazine rings is 1. The Morgan fingerprint density at radius 3 is 2.31 bits per heavy atom. The molecule has 0 aliphatic carbocycles. The Morgan fingerprint density at radius 2 is 1.62 bits per heavy atom. The Hall–Kier alpha value is -2.86. The van der Waals surface area contributed by atoms with Crippen molar-refractivity contribution >= 4 is 17.6 Å². The van der Waals surface area contributed by atoms with Crippen LogP contribution in [0.25, 0.3) is 0 Å². The molecule has 2 aromatic rings. The summed E-state index contributed by atoms with van der Waals surface area (Å²) in [6, 6.07) is 18.1. The molecule has 0 aromatic heterocycles. The molecule has 0 radical (unpaired) electrons. The summed E-state index contributed by atoms with van der Waals surface area (Å²) in [5, 5.41) is 3.00. The van der Waals surface area contributed by atoms with Crippen LogP contribution in [0.2, 0.25) is 0 Å². The van der Waals surface area contributed by atoms with Crippen molar-refractivity contribution in [3.05, 3.63) is 65.7 Å². The van der Waals surface area contributed by atoms with Crippen LogP contribution >= 0.6 is 0 Å². The minimum absolute atomic E-state index is 0.0817. The Balaban J connectivity index is 1.30. The fourth-order valence-corrected chi connectivity index (χ4v) is 4.78. The molecule has 1 N–H and O–H groups in total. The first-order chi connectivity index (χ1) is 15.5. The summed E-state index contributed by atoms with van der Waals surface area (Å²) in [4.78, 5) is 32.0. The van der Waals surface area contributed by atoms with Crippen molar-refractivity contribution in [2.45, 2.75) is 51.7 Å². The fourth-order valence-electron chi connectivity index (χ4n) is 4.78. The molecule has 6 nitrogen and oxygen atoms in total. The molecular formula is C26H34N4O2. The number of carbonyl (C=O) groups is 2. The predicted octanol–water partition coefficient (Wildman–Crippen LogP) is 4.44. The molecule has 3 amide bonds. The van der Waals surface area contributed by atoms with Gasteiger partial charge in [0.2, 0.25) is 0 Å². The topological polar surface area (TPSA) is 55.9 Å². The highest BCUT2D eigenvalue weighted by Gasteiger charge is 2.28. The van der Waals surface area contributed by atoms with Gasteiger partial charge in [0.25, 0.3) is 5.91 Å². The first kappa shape index (κ1) is 22.3. The van der Waals surface area contributed by atoms with Gasteiger partial charge in [-0.25, -0.2) is 4.79 Å². The van der Waals surface area contributed by atoms with Crippen LogP contribution in [0.15, 0.2) is 54.6 Å². The average molecular weight is 435 g/mol. The molecule has 0 saturated carbocycles. The van der Waals surface area contributed by atoms with Crippen LogP contribution in [-0.4, -0.2) is 64.9 Å². The third-order valence-electron chi connectivity index (χ3n) is 6.67. The number of rotatable bonds is 4. The second-order valence-electron chi connectivity index (χ2n) is 9.11. The van der Waals surface area contributed by atoms with Crippen molar-refractivity contribution in [1.29, 1.82) is 0 Å². The molecule has 2 aliphatic heterocycles. The van der Waals surface area contributed by atoms with Crippen LogP contribution in [0.1, 0.15) is 49.0 Å². The van der Waals surface area contributed by atoms with Crippen LogP contribution in [0, 0.1) is 0 Å². The molecule has 2 aliphatic rings. The minimum atomic E-state index is -0.0828. The number of hydrogen-bond acceptors (Lipinski definition) is 3. The number of carbonyl (C=O) groups excluding carboxylic acids is 2. The molecular weight excluding hydrogens is 400 g/mol. The van der Waals surface area contributed by atoms with Gasteiger partial charge in [0.1, 0.15) is 0 Å². The highest BCUT2D eigenvalue weighted by Crippen LogP contribution is 2.21. The summed E-state index contributed by atoms with van der Waals surface area (Å²) in [6.45, 7) is 8.35. The zero-order chi connectivity index (χ0) is 22.5. The van der Waals surface area contributed by atoms with Crippen LogP contribution in [0.4, 0.5) is 10.5 Å². The number of urea groups is 1. The number of nitrogens with one attached hydrogen (secondary N) is 1. The van der Waals surface area contributed by atoms with Gasteiger partial charge in [0, 0.05) is 56.1 Å². The molecule has 2 saturated heterocycles. The van der Waals surface area contributed by atoms with Gasteiger partial charge in [-0.2, -0.15) is 0 Å². The fraction of sp³-hybridized carbons (Fsp3) is 0.462. The normalized spacial score (nSPS) is 21.9. The maximum Gasteiger partial charge on any atom is 0.322 e. The van der Waals surface area contributed by atoms with Gasteiger partial charge in [-0.15, -0.1) is 0 Å². The van der Waals surface area contributed by atoms with Crippen LogP contribution in [-0.2, 0) is 6.54 Å². The summed E-state index contributed by atoms with van der Waals surface area (Å²) in [5.41, 5.74) is 2.70.